The normalized spacial score (nSPS) is 17.0. The van der Waals surface area contributed by atoms with Crippen molar-refractivity contribution in [2.45, 2.75) is 50.4 Å². The number of aliphatic hydroxyl groups is 1. The molecule has 1 aliphatic carbocycles. The zero-order valence-electron chi connectivity index (χ0n) is 26.1. The van der Waals surface area contributed by atoms with Crippen LogP contribution in [0.3, 0.4) is 0 Å². The molecule has 1 aliphatic heterocycles. The van der Waals surface area contributed by atoms with Crippen molar-refractivity contribution >= 4 is 28.6 Å². The minimum Gasteiger partial charge on any atom is -0.476 e. The van der Waals surface area contributed by atoms with Crippen LogP contribution in [0, 0.1) is 0 Å². The Morgan fingerprint density at radius 3 is 2.45 bits per heavy atom. The van der Waals surface area contributed by atoms with Crippen LogP contribution < -0.4 is 15.8 Å². The predicted molar refractivity (Wildman–Crippen MR) is 175 cm³/mol. The maximum absolute atomic E-state index is 15.0. The highest BCUT2D eigenvalue weighted by atomic mass is 19.4. The number of carbonyl (C=O) groups excluding carboxylic acids is 1. The summed E-state index contributed by atoms with van der Waals surface area (Å²) in [5.74, 6) is -0.389. The van der Waals surface area contributed by atoms with Crippen LogP contribution >= 0.6 is 0 Å². The van der Waals surface area contributed by atoms with Crippen molar-refractivity contribution in [2.24, 2.45) is 0 Å². The molecule has 0 radical (unpaired) electrons. The van der Waals surface area contributed by atoms with Crippen molar-refractivity contribution in [3.63, 3.8) is 0 Å². The lowest BCUT2D eigenvalue weighted by Crippen LogP contribution is -2.53. The van der Waals surface area contributed by atoms with E-state index in [0.29, 0.717) is 55.2 Å². The van der Waals surface area contributed by atoms with Crippen LogP contribution in [0.5, 0.6) is 5.88 Å². The largest absolute Gasteiger partial charge is 0.476 e. The molecule has 5 rings (SSSR count). The van der Waals surface area contributed by atoms with Crippen molar-refractivity contribution < 1.29 is 32.2 Å². The summed E-state index contributed by atoms with van der Waals surface area (Å²) in [7, 11) is 0. The molecule has 1 aromatic heterocycles. The number of carbonyl (C=O) groups is 1. The number of nitrogens with zero attached hydrogens (tertiary/aromatic N) is 2. The van der Waals surface area contributed by atoms with Gasteiger partial charge in [0.1, 0.15) is 12.4 Å². The summed E-state index contributed by atoms with van der Waals surface area (Å²) in [5, 5.41) is 12.8. The quantitative estimate of drug-likeness (QED) is 0.0840. The van der Waals surface area contributed by atoms with Crippen molar-refractivity contribution in [2.75, 3.05) is 32.0 Å². The molecule has 0 atom stereocenters. The molecule has 47 heavy (non-hydrogen) atoms. The van der Waals surface area contributed by atoms with E-state index >= 15 is 0 Å². The van der Waals surface area contributed by atoms with Crippen LogP contribution in [0.1, 0.15) is 54.9 Å². The summed E-state index contributed by atoms with van der Waals surface area (Å²) in [6.07, 6.45) is 2.05. The smallest absolute Gasteiger partial charge is 0.393 e. The first-order chi connectivity index (χ1) is 22.5. The molecule has 2 heterocycles. The third-order valence-corrected chi connectivity index (χ3v) is 8.19. The number of allylic oxidation sites excluding steroid dienone is 2. The van der Waals surface area contributed by atoms with Crippen LogP contribution in [0.2, 0.25) is 0 Å². The molecule has 248 valence electrons. The Hall–Kier alpha value is -4.48. The van der Waals surface area contributed by atoms with Crippen LogP contribution in [0.4, 0.5) is 23.2 Å². The predicted octanol–water partition coefficient (Wildman–Crippen LogP) is 6.56. The molecule has 11 heteroatoms. The van der Waals surface area contributed by atoms with Gasteiger partial charge in [0.25, 0.3) is 0 Å². The number of alkyl halides is 3. The number of aliphatic hydroxyl groups excluding tert-OH is 1. The average Bonchev–Trinajstić information content (AvgIpc) is 3.81. The van der Waals surface area contributed by atoms with Gasteiger partial charge in [-0.05, 0) is 65.8 Å². The van der Waals surface area contributed by atoms with Gasteiger partial charge in [-0.2, -0.15) is 13.2 Å². The zero-order valence-corrected chi connectivity index (χ0v) is 26.1. The number of amides is 1. The van der Waals surface area contributed by atoms with Gasteiger partial charge in [0, 0.05) is 54.8 Å². The van der Waals surface area contributed by atoms with E-state index in [4.69, 9.17) is 10.5 Å². The highest BCUT2D eigenvalue weighted by Crippen LogP contribution is 2.41. The highest BCUT2D eigenvalue weighted by molar-refractivity contribution is 5.99. The summed E-state index contributed by atoms with van der Waals surface area (Å²) < 4.78 is 63.1. The van der Waals surface area contributed by atoms with E-state index in [1.54, 1.807) is 66.4 Å². The molecule has 2 aromatic carbocycles. The van der Waals surface area contributed by atoms with Crippen molar-refractivity contribution in [3.05, 3.63) is 107 Å². The van der Waals surface area contributed by atoms with Gasteiger partial charge in [0.2, 0.25) is 11.8 Å². The molecule has 7 nitrogen and oxygen atoms in total. The lowest BCUT2D eigenvalue weighted by Gasteiger charge is -2.34. The van der Waals surface area contributed by atoms with Gasteiger partial charge in [0.05, 0.1) is 18.1 Å². The van der Waals surface area contributed by atoms with E-state index in [-0.39, 0.29) is 33.8 Å². The summed E-state index contributed by atoms with van der Waals surface area (Å²) in [5.41, 5.74) is 7.51. The molecule has 0 bridgehead atoms. The van der Waals surface area contributed by atoms with E-state index < -0.39 is 24.5 Å². The lowest BCUT2D eigenvalue weighted by atomic mass is 9.87. The second-order valence-electron chi connectivity index (χ2n) is 11.9. The monoisotopic (exact) mass is 650 g/mol. The van der Waals surface area contributed by atoms with Crippen LogP contribution in [-0.2, 0) is 4.79 Å². The number of aromatic nitrogens is 1. The molecule has 4 N–H and O–H groups in total. The molecular formula is C36H38F4N4O3. The summed E-state index contributed by atoms with van der Waals surface area (Å²) in [6.45, 7) is 3.26. The molecule has 2 aliphatic rings. The van der Waals surface area contributed by atoms with Gasteiger partial charge in [-0.3, -0.25) is 4.79 Å². The molecule has 3 aromatic rings. The van der Waals surface area contributed by atoms with Gasteiger partial charge >= 0.3 is 6.18 Å². The second kappa shape index (κ2) is 14.5. The summed E-state index contributed by atoms with van der Waals surface area (Å²) >= 11 is 0. The molecular weight excluding hydrogens is 612 g/mol. The summed E-state index contributed by atoms with van der Waals surface area (Å²) in [6, 6.07) is 16.1. The number of benzene rings is 2. The van der Waals surface area contributed by atoms with Crippen molar-refractivity contribution in [1.82, 2.24) is 15.2 Å². The Balaban J connectivity index is 1.39. The molecule has 2 fully saturated rings. The van der Waals surface area contributed by atoms with E-state index in [9.17, 15) is 27.5 Å². The maximum Gasteiger partial charge on any atom is 0.393 e. The van der Waals surface area contributed by atoms with Gasteiger partial charge < -0.3 is 25.8 Å². The van der Waals surface area contributed by atoms with Crippen LogP contribution in [-0.4, -0.2) is 65.0 Å². The third kappa shape index (κ3) is 8.87. The minimum absolute atomic E-state index is 0.0159. The molecule has 0 spiro atoms. The number of ether oxygens (including phenoxy) is 1. The second-order valence-corrected chi connectivity index (χ2v) is 11.9. The Morgan fingerprint density at radius 1 is 1.11 bits per heavy atom. The lowest BCUT2D eigenvalue weighted by molar-refractivity contribution is -0.135. The van der Waals surface area contributed by atoms with E-state index in [1.807, 2.05) is 0 Å². The number of nitrogens with one attached hydrogen (secondary N) is 1. The summed E-state index contributed by atoms with van der Waals surface area (Å²) in [4.78, 5) is 18.0. The van der Waals surface area contributed by atoms with Gasteiger partial charge in [-0.1, -0.05) is 49.4 Å². The number of pyridine rings is 1. The SMILES string of the molecule is CC/C=C(\F)c1cc(/C(=C(\CC(F)(F)F)c2ccccc2)c2ccc(OCC3(NC/C=C/C(=O)N4CC(O)C4)CC3)nc2)ccc1N. The molecule has 1 saturated heterocycles. The molecule has 0 unspecified atom stereocenters. The van der Waals surface area contributed by atoms with Crippen LogP contribution in [0.25, 0.3) is 17.0 Å². The number of hydrogen-bond acceptors (Lipinski definition) is 6. The first-order valence-electron chi connectivity index (χ1n) is 15.6. The highest BCUT2D eigenvalue weighted by Gasteiger charge is 2.43. The number of likely N-dealkylation sites (tertiary alicyclic amines) is 1. The minimum atomic E-state index is -4.53. The number of nitrogen functional groups attached to an aromatic ring is 1. The first kappa shape index (κ1) is 33.9. The van der Waals surface area contributed by atoms with Crippen LogP contribution in [0.15, 0.2) is 85.1 Å². The van der Waals surface area contributed by atoms with Crippen molar-refractivity contribution in [3.8, 4) is 5.88 Å². The number of nitrogens with two attached hydrogens (primary N) is 1. The Kier molecular flexibility index (Phi) is 10.5. The fourth-order valence-corrected chi connectivity index (χ4v) is 5.42. The van der Waals surface area contributed by atoms with E-state index in [2.05, 4.69) is 10.3 Å². The number of rotatable bonds is 13. The number of β-amino-alcohol motifs (C(OH)–C–C–N with tert-alkyl or cyclic N) is 1. The van der Waals surface area contributed by atoms with Gasteiger partial charge in [-0.15, -0.1) is 0 Å². The molecule has 1 saturated carbocycles. The zero-order chi connectivity index (χ0) is 33.6. The van der Waals surface area contributed by atoms with E-state index in [1.165, 1.54) is 30.5 Å². The van der Waals surface area contributed by atoms with Gasteiger partial charge in [-0.25, -0.2) is 9.37 Å². The standard InChI is InChI=1S/C36H38F4N4O3/c1-2-7-30(37)28-18-25(11-13-31(28)41)34(29(19-36(38,39)40)24-8-4-3-5-9-24)26-12-14-32(42-20-26)47-23-35(15-16-35)43-17-6-10-33(46)44-21-27(45)22-44/h3-14,18,20,27,43,45H,2,15-17,19,21-23,41H2,1H3/b10-6+,30-7-,34-29-. The number of hydrogen-bond donors (Lipinski definition) is 3. The Labute approximate surface area is 271 Å². The fourth-order valence-electron chi connectivity index (χ4n) is 5.42. The number of anilines is 1. The first-order valence-corrected chi connectivity index (χ1v) is 15.6. The van der Waals surface area contributed by atoms with E-state index in [0.717, 1.165) is 12.8 Å². The van der Waals surface area contributed by atoms with Gasteiger partial charge in [0.15, 0.2) is 0 Å². The topological polar surface area (TPSA) is 101 Å². The Bertz CT molecular complexity index is 1640. The molecule has 1 amide bonds. The van der Waals surface area contributed by atoms with Crippen molar-refractivity contribution in [1.29, 1.82) is 0 Å². The number of halogens is 4. The Morgan fingerprint density at radius 2 is 1.83 bits per heavy atom. The fraction of sp³-hybridized carbons (Fsp3) is 0.333. The average molecular weight is 651 g/mol. The third-order valence-electron chi connectivity index (χ3n) is 8.19. The maximum atomic E-state index is 15.0.